The van der Waals surface area contributed by atoms with Crippen LogP contribution in [0.15, 0.2) is 0 Å². The maximum atomic E-state index is 5.66. The summed E-state index contributed by atoms with van der Waals surface area (Å²) < 4.78 is 21.7. The second kappa shape index (κ2) is 25.2. The van der Waals surface area contributed by atoms with Crippen molar-refractivity contribution in [2.45, 2.75) is 77.0 Å². The first kappa shape index (κ1) is 26.2. The molecule has 0 saturated carbocycles. The van der Waals surface area contributed by atoms with Gasteiger partial charge in [-0.3, -0.25) is 0 Å². The summed E-state index contributed by atoms with van der Waals surface area (Å²) in [6.07, 6.45) is 14.9. The van der Waals surface area contributed by atoms with Gasteiger partial charge in [-0.05, 0) is 37.9 Å². The minimum Gasteiger partial charge on any atom is -0.385 e. The fourth-order valence-corrected chi connectivity index (χ4v) is 2.91. The molecular formula is C21H44O4S. The number of thiol groups is 1. The summed E-state index contributed by atoms with van der Waals surface area (Å²) in [5.41, 5.74) is 0. The number of rotatable bonds is 23. The summed E-state index contributed by atoms with van der Waals surface area (Å²) in [5.74, 6) is 1.04. The van der Waals surface area contributed by atoms with Crippen LogP contribution in [0.5, 0.6) is 0 Å². The van der Waals surface area contributed by atoms with Crippen LogP contribution in [0.3, 0.4) is 0 Å². The van der Waals surface area contributed by atoms with Gasteiger partial charge in [-0.1, -0.05) is 44.9 Å². The molecule has 0 radical (unpaired) electrons. The van der Waals surface area contributed by atoms with E-state index >= 15 is 0 Å². The largest absolute Gasteiger partial charge is 0.385 e. The van der Waals surface area contributed by atoms with Gasteiger partial charge in [0.15, 0.2) is 0 Å². The quantitative estimate of drug-likeness (QED) is 0.189. The summed E-state index contributed by atoms with van der Waals surface area (Å²) in [4.78, 5) is 0. The molecule has 0 rings (SSSR count). The molecule has 0 heterocycles. The van der Waals surface area contributed by atoms with Crippen molar-refractivity contribution in [3.8, 4) is 0 Å². The van der Waals surface area contributed by atoms with Gasteiger partial charge in [0.05, 0.1) is 0 Å². The number of ether oxygens (including phenoxy) is 4. The third-order valence-electron chi connectivity index (χ3n) is 4.24. The van der Waals surface area contributed by atoms with Gasteiger partial charge < -0.3 is 18.9 Å². The molecule has 0 amide bonds. The average Bonchev–Trinajstić information content (AvgIpc) is 2.66. The summed E-state index contributed by atoms with van der Waals surface area (Å²) in [7, 11) is 1.72. The highest BCUT2D eigenvalue weighted by atomic mass is 32.1. The molecule has 5 heteroatoms. The second-order valence-corrected chi connectivity index (χ2v) is 7.24. The Bertz CT molecular complexity index is 218. The van der Waals surface area contributed by atoms with Crippen molar-refractivity contribution in [2.24, 2.45) is 0 Å². The van der Waals surface area contributed by atoms with Crippen molar-refractivity contribution < 1.29 is 18.9 Å². The average molecular weight is 393 g/mol. The Labute approximate surface area is 168 Å². The van der Waals surface area contributed by atoms with Crippen LogP contribution in [0.4, 0.5) is 0 Å². The topological polar surface area (TPSA) is 36.9 Å². The van der Waals surface area contributed by atoms with Crippen LogP contribution in [0.2, 0.25) is 0 Å². The van der Waals surface area contributed by atoms with E-state index in [9.17, 15) is 0 Å². The summed E-state index contributed by atoms with van der Waals surface area (Å²) in [6.45, 7) is 5.60. The molecule has 0 N–H and O–H groups in total. The zero-order valence-electron chi connectivity index (χ0n) is 17.2. The second-order valence-electron chi connectivity index (χ2n) is 6.80. The monoisotopic (exact) mass is 392 g/mol. The normalized spacial score (nSPS) is 11.3. The first-order valence-electron chi connectivity index (χ1n) is 10.7. The molecule has 0 bridgehead atoms. The van der Waals surface area contributed by atoms with E-state index in [1.54, 1.807) is 7.11 Å². The first-order chi connectivity index (χ1) is 12.9. The van der Waals surface area contributed by atoms with Crippen molar-refractivity contribution in [2.75, 3.05) is 59.1 Å². The molecule has 0 unspecified atom stereocenters. The fraction of sp³-hybridized carbons (Fsp3) is 1.00. The Morgan fingerprint density at radius 2 is 0.769 bits per heavy atom. The van der Waals surface area contributed by atoms with E-state index in [1.807, 2.05) is 0 Å². The summed E-state index contributed by atoms with van der Waals surface area (Å²) >= 11 is 4.24. The molecule has 0 aromatic carbocycles. The third kappa shape index (κ3) is 24.2. The lowest BCUT2D eigenvalue weighted by Gasteiger charge is -2.07. The standard InChI is InChI=1S/C21H44O4S/c1-22-14-11-16-24-18-13-20-25-19-12-17-23-15-9-7-5-3-2-4-6-8-10-21-26/h26H,2-21H2,1H3. The molecule has 0 aromatic rings. The van der Waals surface area contributed by atoms with Crippen molar-refractivity contribution in [3.63, 3.8) is 0 Å². The van der Waals surface area contributed by atoms with Gasteiger partial charge in [-0.2, -0.15) is 12.6 Å². The molecule has 0 aromatic heterocycles. The van der Waals surface area contributed by atoms with E-state index in [0.717, 1.165) is 71.3 Å². The molecule has 0 aliphatic carbocycles. The summed E-state index contributed by atoms with van der Waals surface area (Å²) in [6, 6.07) is 0. The molecule has 0 atom stereocenters. The third-order valence-corrected chi connectivity index (χ3v) is 4.55. The van der Waals surface area contributed by atoms with Crippen molar-refractivity contribution >= 4 is 12.6 Å². The van der Waals surface area contributed by atoms with Gasteiger partial charge >= 0.3 is 0 Å². The number of unbranched alkanes of at least 4 members (excludes halogenated alkanes) is 8. The highest BCUT2D eigenvalue weighted by Gasteiger charge is 1.95. The predicted octanol–water partition coefficient (Wildman–Crippen LogP) is 5.29. The van der Waals surface area contributed by atoms with E-state index in [4.69, 9.17) is 18.9 Å². The highest BCUT2D eigenvalue weighted by Crippen LogP contribution is 2.10. The molecular weight excluding hydrogens is 348 g/mol. The van der Waals surface area contributed by atoms with E-state index in [2.05, 4.69) is 12.6 Å². The maximum absolute atomic E-state index is 5.66. The lowest BCUT2D eigenvalue weighted by Crippen LogP contribution is -2.06. The van der Waals surface area contributed by atoms with Crippen LogP contribution in [0.25, 0.3) is 0 Å². The minimum atomic E-state index is 0.771. The van der Waals surface area contributed by atoms with Gasteiger partial charge in [0.25, 0.3) is 0 Å². The molecule has 0 aliphatic heterocycles. The van der Waals surface area contributed by atoms with Crippen molar-refractivity contribution in [1.82, 2.24) is 0 Å². The first-order valence-corrected chi connectivity index (χ1v) is 11.4. The Kier molecular flexibility index (Phi) is 25.4. The number of methoxy groups -OCH3 is 1. The van der Waals surface area contributed by atoms with E-state index in [0.29, 0.717) is 0 Å². The number of hydrogen-bond donors (Lipinski definition) is 1. The van der Waals surface area contributed by atoms with Gasteiger partial charge in [-0.15, -0.1) is 0 Å². The Morgan fingerprint density at radius 3 is 1.19 bits per heavy atom. The van der Waals surface area contributed by atoms with Gasteiger partial charge in [0.2, 0.25) is 0 Å². The smallest absolute Gasteiger partial charge is 0.0488 e. The molecule has 158 valence electrons. The fourth-order valence-electron chi connectivity index (χ4n) is 2.69. The molecule has 0 fully saturated rings. The van der Waals surface area contributed by atoms with Crippen LogP contribution in [-0.4, -0.2) is 59.1 Å². The van der Waals surface area contributed by atoms with Crippen molar-refractivity contribution in [3.05, 3.63) is 0 Å². The Balaban J connectivity index is 2.95. The van der Waals surface area contributed by atoms with Crippen molar-refractivity contribution in [1.29, 1.82) is 0 Å². The van der Waals surface area contributed by atoms with Gasteiger partial charge in [-0.25, -0.2) is 0 Å². The highest BCUT2D eigenvalue weighted by molar-refractivity contribution is 7.80. The minimum absolute atomic E-state index is 0.771. The van der Waals surface area contributed by atoms with E-state index in [-0.39, 0.29) is 0 Å². The molecule has 4 nitrogen and oxygen atoms in total. The lowest BCUT2D eigenvalue weighted by atomic mass is 10.1. The van der Waals surface area contributed by atoms with Crippen LogP contribution in [0.1, 0.15) is 77.0 Å². The van der Waals surface area contributed by atoms with Crippen LogP contribution >= 0.6 is 12.6 Å². The Morgan fingerprint density at radius 1 is 0.423 bits per heavy atom. The van der Waals surface area contributed by atoms with Gasteiger partial charge in [0.1, 0.15) is 0 Å². The predicted molar refractivity (Wildman–Crippen MR) is 114 cm³/mol. The lowest BCUT2D eigenvalue weighted by molar-refractivity contribution is 0.0577. The zero-order chi connectivity index (χ0) is 19.0. The SMILES string of the molecule is COCCCOCCCOCCCOCCCCCCCCCCCS. The van der Waals surface area contributed by atoms with E-state index < -0.39 is 0 Å². The number of hydrogen-bond acceptors (Lipinski definition) is 5. The van der Waals surface area contributed by atoms with E-state index in [1.165, 1.54) is 57.8 Å². The van der Waals surface area contributed by atoms with Gasteiger partial charge in [0, 0.05) is 53.4 Å². The molecule has 26 heavy (non-hydrogen) atoms. The maximum Gasteiger partial charge on any atom is 0.0488 e. The molecule has 0 saturated heterocycles. The summed E-state index contributed by atoms with van der Waals surface area (Å²) in [5, 5.41) is 0. The van der Waals surface area contributed by atoms with Crippen LogP contribution in [0, 0.1) is 0 Å². The Hall–Kier alpha value is 0.190. The molecule has 0 aliphatic rings. The molecule has 0 spiro atoms. The zero-order valence-corrected chi connectivity index (χ0v) is 18.1. The van der Waals surface area contributed by atoms with Crippen LogP contribution < -0.4 is 0 Å². The van der Waals surface area contributed by atoms with Crippen LogP contribution in [-0.2, 0) is 18.9 Å².